The van der Waals surface area contributed by atoms with Crippen molar-refractivity contribution in [3.8, 4) is 11.5 Å². The van der Waals surface area contributed by atoms with Crippen LogP contribution in [0.4, 0.5) is 0 Å². The second-order valence-corrected chi connectivity index (χ2v) is 7.22. The van der Waals surface area contributed by atoms with Crippen LogP contribution < -0.4 is 14.9 Å². The Bertz CT molecular complexity index is 1090. The molecule has 1 amide bonds. The van der Waals surface area contributed by atoms with Crippen LogP contribution in [0.3, 0.4) is 0 Å². The molecule has 0 aliphatic heterocycles. The van der Waals surface area contributed by atoms with Gasteiger partial charge in [-0.25, -0.2) is 10.2 Å². The highest BCUT2D eigenvalue weighted by molar-refractivity contribution is 9.10. The molecule has 0 saturated heterocycles. The highest BCUT2D eigenvalue weighted by Crippen LogP contribution is 2.23. The fraction of sp³-hybridized carbons (Fsp3) is 0.0455. The van der Waals surface area contributed by atoms with Crippen LogP contribution >= 0.6 is 27.5 Å². The topological polar surface area (TPSA) is 77.0 Å². The molecule has 3 aromatic carbocycles. The number of halogens is 2. The summed E-state index contributed by atoms with van der Waals surface area (Å²) >= 11 is 9.36. The van der Waals surface area contributed by atoms with Crippen molar-refractivity contribution in [2.75, 3.05) is 6.61 Å². The first-order valence-electron chi connectivity index (χ1n) is 8.79. The molecule has 3 rings (SSSR count). The molecule has 0 fully saturated rings. The molecule has 8 heteroatoms. The van der Waals surface area contributed by atoms with Gasteiger partial charge in [-0.2, -0.15) is 5.10 Å². The van der Waals surface area contributed by atoms with E-state index in [1.807, 2.05) is 18.2 Å². The number of amides is 1. The van der Waals surface area contributed by atoms with Crippen LogP contribution in [0.2, 0.25) is 5.02 Å². The minimum atomic E-state index is -0.563. The Kier molecular flexibility index (Phi) is 7.59. The lowest BCUT2D eigenvalue weighted by atomic mass is 10.2. The number of hydrogen-bond acceptors (Lipinski definition) is 5. The van der Waals surface area contributed by atoms with Crippen molar-refractivity contribution >= 4 is 45.6 Å². The van der Waals surface area contributed by atoms with E-state index in [-0.39, 0.29) is 12.2 Å². The molecule has 152 valence electrons. The van der Waals surface area contributed by atoms with Gasteiger partial charge in [-0.05, 0) is 57.9 Å². The van der Waals surface area contributed by atoms with Gasteiger partial charge in [0.2, 0.25) is 0 Å². The molecule has 0 heterocycles. The van der Waals surface area contributed by atoms with E-state index in [0.717, 1.165) is 4.47 Å². The SMILES string of the molecule is O=C(COc1ccccc1Br)NN=Cc1cccc(OC(=O)c2ccccc2Cl)c1. The van der Waals surface area contributed by atoms with E-state index in [4.69, 9.17) is 21.1 Å². The van der Waals surface area contributed by atoms with Gasteiger partial charge < -0.3 is 9.47 Å². The summed E-state index contributed by atoms with van der Waals surface area (Å²) in [5.41, 5.74) is 3.28. The van der Waals surface area contributed by atoms with Crippen molar-refractivity contribution in [1.82, 2.24) is 5.43 Å². The van der Waals surface area contributed by atoms with Crippen LogP contribution in [-0.4, -0.2) is 24.7 Å². The number of para-hydroxylation sites is 1. The van der Waals surface area contributed by atoms with E-state index in [9.17, 15) is 9.59 Å². The Morgan fingerprint density at radius 1 is 1.03 bits per heavy atom. The minimum absolute atomic E-state index is 0.185. The molecule has 3 aromatic rings. The van der Waals surface area contributed by atoms with E-state index < -0.39 is 11.9 Å². The van der Waals surface area contributed by atoms with Gasteiger partial charge in [0.15, 0.2) is 6.61 Å². The lowest BCUT2D eigenvalue weighted by Crippen LogP contribution is -2.24. The molecule has 0 saturated carbocycles. The zero-order valence-electron chi connectivity index (χ0n) is 15.5. The second kappa shape index (κ2) is 10.6. The lowest BCUT2D eigenvalue weighted by molar-refractivity contribution is -0.123. The van der Waals surface area contributed by atoms with Crippen LogP contribution in [0.15, 0.2) is 82.4 Å². The summed E-state index contributed by atoms with van der Waals surface area (Å²) < 4.78 is 11.5. The molecule has 0 bridgehead atoms. The number of rotatable bonds is 7. The number of hydrogen-bond donors (Lipinski definition) is 1. The summed E-state index contributed by atoms with van der Waals surface area (Å²) in [6.07, 6.45) is 1.43. The molecule has 0 aliphatic carbocycles. The summed E-state index contributed by atoms with van der Waals surface area (Å²) in [6.45, 7) is -0.185. The maximum Gasteiger partial charge on any atom is 0.345 e. The zero-order chi connectivity index (χ0) is 21.3. The number of nitrogens with zero attached hydrogens (tertiary/aromatic N) is 1. The van der Waals surface area contributed by atoms with Gasteiger partial charge in [-0.3, -0.25) is 4.79 Å². The van der Waals surface area contributed by atoms with Crippen molar-refractivity contribution in [3.05, 3.63) is 93.4 Å². The third-order valence-electron chi connectivity index (χ3n) is 3.76. The van der Waals surface area contributed by atoms with Crippen LogP contribution in [0.5, 0.6) is 11.5 Å². The van der Waals surface area contributed by atoms with Gasteiger partial charge in [0.25, 0.3) is 5.91 Å². The van der Waals surface area contributed by atoms with E-state index in [1.165, 1.54) is 6.21 Å². The van der Waals surface area contributed by atoms with E-state index in [0.29, 0.717) is 22.1 Å². The number of benzene rings is 3. The molecule has 0 unspecified atom stereocenters. The third-order valence-corrected chi connectivity index (χ3v) is 4.75. The number of esters is 1. The van der Waals surface area contributed by atoms with Gasteiger partial charge in [0.1, 0.15) is 11.5 Å². The third kappa shape index (κ3) is 6.17. The van der Waals surface area contributed by atoms with Crippen LogP contribution in [0.1, 0.15) is 15.9 Å². The summed E-state index contributed by atoms with van der Waals surface area (Å²) in [4.78, 5) is 24.1. The molecule has 0 atom stereocenters. The Balaban J connectivity index is 1.54. The monoisotopic (exact) mass is 486 g/mol. The molecule has 1 N–H and O–H groups in total. The summed E-state index contributed by atoms with van der Waals surface area (Å²) in [5, 5.41) is 4.20. The number of carbonyl (C=O) groups is 2. The Morgan fingerprint density at radius 2 is 1.80 bits per heavy atom. The van der Waals surface area contributed by atoms with Gasteiger partial charge in [-0.1, -0.05) is 48.0 Å². The predicted octanol–water partition coefficient (Wildman–Crippen LogP) is 4.85. The predicted molar refractivity (Wildman–Crippen MR) is 118 cm³/mol. The van der Waals surface area contributed by atoms with Crippen molar-refractivity contribution in [3.63, 3.8) is 0 Å². The van der Waals surface area contributed by atoms with Crippen LogP contribution in [0, 0.1) is 0 Å². The molecule has 0 aromatic heterocycles. The molecular weight excluding hydrogens is 472 g/mol. The first-order chi connectivity index (χ1) is 14.5. The maximum absolute atomic E-state index is 12.2. The molecule has 0 spiro atoms. The fourth-order valence-corrected chi connectivity index (χ4v) is 2.98. The normalized spacial score (nSPS) is 10.6. The largest absolute Gasteiger partial charge is 0.483 e. The summed E-state index contributed by atoms with van der Waals surface area (Å²) in [6, 6.07) is 20.6. The van der Waals surface area contributed by atoms with E-state index >= 15 is 0 Å². The molecule has 0 aliphatic rings. The maximum atomic E-state index is 12.2. The van der Waals surface area contributed by atoms with Gasteiger partial charge in [-0.15, -0.1) is 0 Å². The van der Waals surface area contributed by atoms with Gasteiger partial charge >= 0.3 is 5.97 Å². The standard InChI is InChI=1S/C22H16BrClN2O4/c23-18-9-2-4-11-20(18)29-14-21(27)26-25-13-15-6-5-7-16(12-15)30-22(28)17-8-1-3-10-19(17)24/h1-13H,14H2,(H,26,27). The molecule has 30 heavy (non-hydrogen) atoms. The number of carbonyl (C=O) groups excluding carboxylic acids is 2. The summed E-state index contributed by atoms with van der Waals surface area (Å²) in [7, 11) is 0. The van der Waals surface area contributed by atoms with Crippen molar-refractivity contribution in [2.45, 2.75) is 0 Å². The second-order valence-electron chi connectivity index (χ2n) is 5.95. The van der Waals surface area contributed by atoms with Crippen LogP contribution in [-0.2, 0) is 4.79 Å². The molecule has 0 radical (unpaired) electrons. The van der Waals surface area contributed by atoms with E-state index in [1.54, 1.807) is 54.6 Å². The number of ether oxygens (including phenoxy) is 2. The fourth-order valence-electron chi connectivity index (χ4n) is 2.36. The minimum Gasteiger partial charge on any atom is -0.483 e. The molecule has 6 nitrogen and oxygen atoms in total. The number of hydrazone groups is 1. The first-order valence-corrected chi connectivity index (χ1v) is 9.96. The average Bonchev–Trinajstić information content (AvgIpc) is 2.74. The van der Waals surface area contributed by atoms with Crippen molar-refractivity contribution < 1.29 is 19.1 Å². The average molecular weight is 488 g/mol. The first kappa shape index (κ1) is 21.5. The van der Waals surface area contributed by atoms with Gasteiger partial charge in [0.05, 0.1) is 21.3 Å². The quantitative estimate of drug-likeness (QED) is 0.224. The van der Waals surface area contributed by atoms with Crippen LogP contribution in [0.25, 0.3) is 0 Å². The smallest absolute Gasteiger partial charge is 0.345 e. The van der Waals surface area contributed by atoms with Crippen molar-refractivity contribution in [2.24, 2.45) is 5.10 Å². The zero-order valence-corrected chi connectivity index (χ0v) is 17.9. The highest BCUT2D eigenvalue weighted by Gasteiger charge is 2.12. The Labute approximate surface area is 186 Å². The van der Waals surface area contributed by atoms with Gasteiger partial charge in [0, 0.05) is 0 Å². The molecular formula is C22H16BrClN2O4. The Hall–Kier alpha value is -3.16. The Morgan fingerprint density at radius 3 is 2.60 bits per heavy atom. The lowest BCUT2D eigenvalue weighted by Gasteiger charge is -2.07. The van der Waals surface area contributed by atoms with E-state index in [2.05, 4.69) is 26.5 Å². The highest BCUT2D eigenvalue weighted by atomic mass is 79.9. The van der Waals surface area contributed by atoms with Crippen molar-refractivity contribution in [1.29, 1.82) is 0 Å². The number of nitrogens with one attached hydrogen (secondary N) is 1. The summed E-state index contributed by atoms with van der Waals surface area (Å²) in [5.74, 6) is -0.0901.